The quantitative estimate of drug-likeness (QED) is 0.692. The molecule has 2 fully saturated rings. The summed E-state index contributed by atoms with van der Waals surface area (Å²) in [5.74, 6) is -0.429. The van der Waals surface area contributed by atoms with Crippen LogP contribution in [-0.4, -0.2) is 53.2 Å². The lowest BCUT2D eigenvalue weighted by molar-refractivity contribution is 0.0339. The molecule has 4 rings (SSSR count). The van der Waals surface area contributed by atoms with E-state index in [0.717, 1.165) is 18.9 Å². The van der Waals surface area contributed by atoms with Crippen molar-refractivity contribution in [2.75, 3.05) is 38.3 Å². The molecule has 2 heterocycles. The van der Waals surface area contributed by atoms with Crippen LogP contribution in [0.5, 0.6) is 5.75 Å². The summed E-state index contributed by atoms with van der Waals surface area (Å²) in [6.07, 6.45) is 2.61. The van der Waals surface area contributed by atoms with Gasteiger partial charge in [-0.1, -0.05) is 0 Å². The number of fused-ring (bicyclic) bond motifs is 1. The van der Waals surface area contributed by atoms with Crippen molar-refractivity contribution in [2.24, 2.45) is 5.41 Å². The molecule has 1 aliphatic carbocycles. The van der Waals surface area contributed by atoms with Crippen LogP contribution >= 0.6 is 0 Å². The predicted molar refractivity (Wildman–Crippen MR) is 102 cm³/mol. The van der Waals surface area contributed by atoms with Crippen molar-refractivity contribution in [3.63, 3.8) is 0 Å². The second-order valence-corrected chi connectivity index (χ2v) is 7.80. The number of benzene rings is 1. The second kappa shape index (κ2) is 6.89. The summed E-state index contributed by atoms with van der Waals surface area (Å²) >= 11 is 0. The van der Waals surface area contributed by atoms with Crippen LogP contribution in [0.2, 0.25) is 0 Å². The molecule has 28 heavy (non-hydrogen) atoms. The number of methoxy groups -OCH3 is 1. The monoisotopic (exact) mass is 393 g/mol. The molecule has 0 atom stereocenters. The highest BCUT2D eigenvalue weighted by atomic mass is 19.1. The number of piperidine rings is 1. The van der Waals surface area contributed by atoms with E-state index >= 15 is 4.39 Å². The Morgan fingerprint density at radius 3 is 2.43 bits per heavy atom. The highest BCUT2D eigenvalue weighted by Crippen LogP contribution is 2.44. The fourth-order valence-corrected chi connectivity index (χ4v) is 4.08. The number of H-pyrrole nitrogens is 1. The number of rotatable bonds is 5. The number of aliphatic hydroxyl groups excluding tert-OH is 2. The Kier molecular flexibility index (Phi) is 4.67. The molecule has 0 unspecified atom stereocenters. The Bertz CT molecular complexity index is 1010. The molecule has 1 aromatic heterocycles. The molecular formula is C19H24FN3O5. The van der Waals surface area contributed by atoms with Crippen LogP contribution in [-0.2, 0) is 0 Å². The first-order valence-corrected chi connectivity index (χ1v) is 9.46. The van der Waals surface area contributed by atoms with Gasteiger partial charge in [0, 0.05) is 24.5 Å². The van der Waals surface area contributed by atoms with E-state index in [1.165, 1.54) is 11.7 Å². The van der Waals surface area contributed by atoms with E-state index in [1.807, 2.05) is 0 Å². The van der Waals surface area contributed by atoms with Crippen molar-refractivity contribution in [1.29, 1.82) is 0 Å². The number of ether oxygens (including phenoxy) is 1. The lowest BCUT2D eigenvalue weighted by atomic mass is 9.80. The van der Waals surface area contributed by atoms with Crippen LogP contribution in [0.15, 0.2) is 15.7 Å². The number of aromatic amines is 1. The van der Waals surface area contributed by atoms with Gasteiger partial charge in [-0.25, -0.2) is 9.18 Å². The van der Waals surface area contributed by atoms with E-state index in [9.17, 15) is 19.8 Å². The maximum atomic E-state index is 15.1. The van der Waals surface area contributed by atoms with Gasteiger partial charge >= 0.3 is 5.69 Å². The molecule has 0 bridgehead atoms. The summed E-state index contributed by atoms with van der Waals surface area (Å²) in [4.78, 5) is 28.8. The average Bonchev–Trinajstić information content (AvgIpc) is 3.53. The first-order chi connectivity index (χ1) is 13.4. The Hall–Kier alpha value is -2.39. The van der Waals surface area contributed by atoms with Gasteiger partial charge in [0.2, 0.25) is 0 Å². The van der Waals surface area contributed by atoms with Gasteiger partial charge in [0.25, 0.3) is 5.56 Å². The molecule has 2 aromatic rings. The van der Waals surface area contributed by atoms with Crippen LogP contribution in [0.25, 0.3) is 10.9 Å². The first kappa shape index (κ1) is 18.9. The summed E-state index contributed by atoms with van der Waals surface area (Å²) in [7, 11) is 1.40. The molecule has 9 heteroatoms. The summed E-state index contributed by atoms with van der Waals surface area (Å²) in [5, 5.41) is 19.3. The van der Waals surface area contributed by atoms with E-state index in [4.69, 9.17) is 4.74 Å². The van der Waals surface area contributed by atoms with Gasteiger partial charge < -0.3 is 19.8 Å². The van der Waals surface area contributed by atoms with Gasteiger partial charge in [-0.3, -0.25) is 14.3 Å². The highest BCUT2D eigenvalue weighted by Gasteiger charge is 2.36. The molecular weight excluding hydrogens is 369 g/mol. The van der Waals surface area contributed by atoms with Crippen molar-refractivity contribution in [3.05, 3.63) is 32.7 Å². The SMILES string of the molecule is COc1c(N2CCC(CO)(CO)CC2)c(F)cc2c(=O)[nH]c(=O)n(C3CC3)c12. The van der Waals surface area contributed by atoms with E-state index in [-0.39, 0.29) is 36.1 Å². The number of nitrogens with zero attached hydrogens (tertiary/aromatic N) is 2. The van der Waals surface area contributed by atoms with E-state index in [0.29, 0.717) is 31.4 Å². The molecule has 1 saturated heterocycles. The van der Waals surface area contributed by atoms with Crippen molar-refractivity contribution in [2.45, 2.75) is 31.7 Å². The molecule has 2 aliphatic rings. The van der Waals surface area contributed by atoms with Crippen molar-refractivity contribution < 1.29 is 19.3 Å². The Labute approximate surface area is 160 Å². The van der Waals surface area contributed by atoms with E-state index in [1.54, 1.807) is 4.90 Å². The highest BCUT2D eigenvalue weighted by molar-refractivity contribution is 5.91. The Balaban J connectivity index is 1.88. The molecule has 1 saturated carbocycles. The fraction of sp³-hybridized carbons (Fsp3) is 0.579. The molecule has 1 aromatic carbocycles. The van der Waals surface area contributed by atoms with Gasteiger partial charge in [0.15, 0.2) is 11.6 Å². The number of hydrogen-bond donors (Lipinski definition) is 3. The molecule has 0 amide bonds. The fourth-order valence-electron chi connectivity index (χ4n) is 4.08. The van der Waals surface area contributed by atoms with Crippen LogP contribution in [0.3, 0.4) is 0 Å². The topological polar surface area (TPSA) is 108 Å². The predicted octanol–water partition coefficient (Wildman–Crippen LogP) is 0.744. The normalized spacial score (nSPS) is 19.2. The number of aliphatic hydroxyl groups is 2. The molecule has 0 spiro atoms. The van der Waals surface area contributed by atoms with Crippen LogP contribution in [0.1, 0.15) is 31.7 Å². The third-order valence-corrected chi connectivity index (χ3v) is 6.03. The van der Waals surface area contributed by atoms with E-state index in [2.05, 4.69) is 4.98 Å². The van der Waals surface area contributed by atoms with Crippen molar-refractivity contribution >= 4 is 16.6 Å². The number of hydrogen-bond acceptors (Lipinski definition) is 6. The minimum absolute atomic E-state index is 0.0307. The molecule has 8 nitrogen and oxygen atoms in total. The average molecular weight is 393 g/mol. The van der Waals surface area contributed by atoms with E-state index < -0.39 is 22.5 Å². The summed E-state index contributed by atoms with van der Waals surface area (Å²) in [6, 6.07) is 1.13. The minimum atomic E-state index is -0.640. The zero-order chi connectivity index (χ0) is 20.1. The standard InChI is InChI=1S/C19H24FN3O5/c1-28-16-14-12(17(26)21-18(27)23(14)11-2-3-11)8-13(20)15(16)22-6-4-19(9-24,10-25)5-7-22/h8,11,24-25H,2-7,9-10H2,1H3,(H,21,26,27). The first-order valence-electron chi connectivity index (χ1n) is 9.46. The van der Waals surface area contributed by atoms with Crippen LogP contribution in [0, 0.1) is 11.2 Å². The third-order valence-electron chi connectivity index (χ3n) is 6.03. The Morgan fingerprint density at radius 1 is 1.25 bits per heavy atom. The summed E-state index contributed by atoms with van der Waals surface area (Å²) in [6.45, 7) is 0.560. The zero-order valence-corrected chi connectivity index (χ0v) is 15.7. The third kappa shape index (κ3) is 2.89. The molecule has 3 N–H and O–H groups in total. The van der Waals surface area contributed by atoms with Crippen molar-refractivity contribution in [1.82, 2.24) is 9.55 Å². The van der Waals surface area contributed by atoms with Crippen LogP contribution < -0.4 is 20.9 Å². The smallest absolute Gasteiger partial charge is 0.329 e. The Morgan fingerprint density at radius 2 is 1.89 bits per heavy atom. The zero-order valence-electron chi connectivity index (χ0n) is 15.7. The number of anilines is 1. The lowest BCUT2D eigenvalue weighted by Crippen LogP contribution is -2.44. The van der Waals surface area contributed by atoms with Gasteiger partial charge in [-0.15, -0.1) is 0 Å². The maximum absolute atomic E-state index is 15.1. The summed E-state index contributed by atoms with van der Waals surface area (Å²) in [5.41, 5.74) is -1.22. The summed E-state index contributed by atoms with van der Waals surface area (Å²) < 4.78 is 22.1. The number of aromatic nitrogens is 2. The lowest BCUT2D eigenvalue weighted by Gasteiger charge is -2.41. The number of nitrogens with one attached hydrogen (secondary N) is 1. The van der Waals surface area contributed by atoms with Crippen LogP contribution in [0.4, 0.5) is 10.1 Å². The minimum Gasteiger partial charge on any atom is -0.492 e. The van der Waals surface area contributed by atoms with Gasteiger partial charge in [-0.05, 0) is 31.7 Å². The maximum Gasteiger partial charge on any atom is 0.329 e. The number of halogens is 1. The van der Waals surface area contributed by atoms with Gasteiger partial charge in [-0.2, -0.15) is 0 Å². The molecule has 1 aliphatic heterocycles. The van der Waals surface area contributed by atoms with Crippen molar-refractivity contribution in [3.8, 4) is 5.75 Å². The largest absolute Gasteiger partial charge is 0.492 e. The molecule has 152 valence electrons. The van der Waals surface area contributed by atoms with Gasteiger partial charge in [0.05, 0.1) is 25.7 Å². The second-order valence-electron chi connectivity index (χ2n) is 7.80. The molecule has 0 radical (unpaired) electrons. The van der Waals surface area contributed by atoms with Gasteiger partial charge in [0.1, 0.15) is 11.2 Å².